The van der Waals surface area contributed by atoms with Gasteiger partial charge in [-0.1, -0.05) is 0 Å². The largest absolute Gasteiger partial charge is 0.391 e. The van der Waals surface area contributed by atoms with Gasteiger partial charge in [-0.2, -0.15) is 0 Å². The van der Waals surface area contributed by atoms with Crippen molar-refractivity contribution in [1.82, 2.24) is 10.2 Å². The number of hydrogen-bond donors (Lipinski definition) is 2. The van der Waals surface area contributed by atoms with Crippen LogP contribution in [0.4, 0.5) is 0 Å². The molecule has 0 radical (unpaired) electrons. The van der Waals surface area contributed by atoms with Crippen LogP contribution in [-0.2, 0) is 9.59 Å². The van der Waals surface area contributed by atoms with E-state index < -0.39 is 6.10 Å². The lowest BCUT2D eigenvalue weighted by molar-refractivity contribution is -0.136. The Bertz CT molecular complexity index is 326. The molecule has 2 N–H and O–H groups in total. The van der Waals surface area contributed by atoms with E-state index in [1.54, 1.807) is 0 Å². The Hall–Kier alpha value is -1.10. The maximum atomic E-state index is 12.3. The van der Waals surface area contributed by atoms with Crippen molar-refractivity contribution < 1.29 is 14.7 Å². The minimum absolute atomic E-state index is 0.130. The Kier molecular flexibility index (Phi) is 4.22. The number of amides is 2. The summed E-state index contributed by atoms with van der Waals surface area (Å²) >= 11 is 0. The summed E-state index contributed by atoms with van der Waals surface area (Å²) in [5.74, 6) is -0.123. The molecule has 102 valence electrons. The first-order chi connectivity index (χ1) is 8.58. The third kappa shape index (κ3) is 3.02. The van der Waals surface area contributed by atoms with E-state index in [0.717, 1.165) is 25.9 Å². The monoisotopic (exact) mass is 254 g/mol. The molecule has 0 spiro atoms. The second-order valence-electron chi connectivity index (χ2n) is 5.43. The maximum Gasteiger partial charge on any atom is 0.225 e. The average Bonchev–Trinajstić information content (AvgIpc) is 2.70. The highest BCUT2D eigenvalue weighted by Gasteiger charge is 2.39. The van der Waals surface area contributed by atoms with Gasteiger partial charge in [-0.05, 0) is 32.1 Å². The third-order valence-corrected chi connectivity index (χ3v) is 3.93. The van der Waals surface area contributed by atoms with E-state index in [4.69, 9.17) is 0 Å². The lowest BCUT2D eigenvalue weighted by Gasteiger charge is -2.29. The number of carbonyl (C=O) groups is 2. The number of hydrogen-bond acceptors (Lipinski definition) is 3. The second kappa shape index (κ2) is 5.69. The Morgan fingerprint density at radius 1 is 1.17 bits per heavy atom. The van der Waals surface area contributed by atoms with Crippen LogP contribution >= 0.6 is 0 Å². The molecule has 0 aromatic heterocycles. The smallest absolute Gasteiger partial charge is 0.225 e. The lowest BCUT2D eigenvalue weighted by atomic mass is 10.0. The zero-order chi connectivity index (χ0) is 13.1. The van der Waals surface area contributed by atoms with E-state index >= 15 is 0 Å². The van der Waals surface area contributed by atoms with Crippen molar-refractivity contribution in [2.24, 2.45) is 5.92 Å². The van der Waals surface area contributed by atoms with Gasteiger partial charge in [0.15, 0.2) is 0 Å². The van der Waals surface area contributed by atoms with Gasteiger partial charge < -0.3 is 15.3 Å². The highest BCUT2D eigenvalue weighted by molar-refractivity contribution is 5.80. The van der Waals surface area contributed by atoms with Crippen LogP contribution < -0.4 is 5.32 Å². The first-order valence-electron chi connectivity index (χ1n) is 6.82. The number of piperidine rings is 1. The van der Waals surface area contributed by atoms with Crippen LogP contribution in [0.25, 0.3) is 0 Å². The molecule has 5 nitrogen and oxygen atoms in total. The fraction of sp³-hybridized carbons (Fsp3) is 0.846. The van der Waals surface area contributed by atoms with Gasteiger partial charge in [0.1, 0.15) is 0 Å². The zero-order valence-electron chi connectivity index (χ0n) is 10.9. The third-order valence-electron chi connectivity index (χ3n) is 3.93. The summed E-state index contributed by atoms with van der Waals surface area (Å²) < 4.78 is 0. The molecule has 0 aromatic rings. The van der Waals surface area contributed by atoms with Crippen LogP contribution in [0.2, 0.25) is 0 Å². The summed E-state index contributed by atoms with van der Waals surface area (Å²) in [5.41, 5.74) is 0. The van der Waals surface area contributed by atoms with Crippen LogP contribution in [-0.4, -0.2) is 47.1 Å². The summed E-state index contributed by atoms with van der Waals surface area (Å²) in [6, 6.07) is -0.263. The van der Waals surface area contributed by atoms with E-state index in [1.165, 1.54) is 13.3 Å². The van der Waals surface area contributed by atoms with Crippen molar-refractivity contribution in [3.8, 4) is 0 Å². The quantitative estimate of drug-likeness (QED) is 0.743. The molecule has 0 bridgehead atoms. The molecule has 1 saturated carbocycles. The number of carbonyl (C=O) groups excluding carboxylic acids is 2. The van der Waals surface area contributed by atoms with E-state index in [2.05, 4.69) is 5.32 Å². The lowest BCUT2D eigenvalue weighted by Crippen LogP contribution is -2.40. The van der Waals surface area contributed by atoms with E-state index in [1.807, 2.05) is 4.90 Å². The van der Waals surface area contributed by atoms with Crippen molar-refractivity contribution in [3.63, 3.8) is 0 Å². The van der Waals surface area contributed by atoms with Gasteiger partial charge >= 0.3 is 0 Å². The molecule has 3 atom stereocenters. The molecule has 18 heavy (non-hydrogen) atoms. The van der Waals surface area contributed by atoms with Crippen LogP contribution in [0.5, 0.6) is 0 Å². The minimum atomic E-state index is -0.590. The predicted molar refractivity (Wildman–Crippen MR) is 66.8 cm³/mol. The van der Waals surface area contributed by atoms with E-state index in [0.29, 0.717) is 12.8 Å². The number of nitrogens with one attached hydrogen (secondary N) is 1. The van der Waals surface area contributed by atoms with E-state index in [9.17, 15) is 14.7 Å². The molecule has 1 aliphatic carbocycles. The summed E-state index contributed by atoms with van der Waals surface area (Å²) in [6.07, 6.45) is 3.81. The molecular formula is C13H22N2O3. The van der Waals surface area contributed by atoms with Crippen LogP contribution in [0.3, 0.4) is 0 Å². The number of aliphatic hydroxyl groups is 1. The van der Waals surface area contributed by atoms with Gasteiger partial charge in [0.2, 0.25) is 11.8 Å². The summed E-state index contributed by atoms with van der Waals surface area (Å²) in [5, 5.41) is 12.6. The number of rotatable bonds is 2. The molecule has 2 rings (SSSR count). The SMILES string of the molecule is CC(=O)N[C@H]1C[C@H](C(=O)N2CCCCC2)C[C@@H]1O. The fourth-order valence-corrected chi connectivity index (χ4v) is 3.01. The van der Waals surface area contributed by atoms with Gasteiger partial charge in [0.25, 0.3) is 0 Å². The molecule has 5 heteroatoms. The molecule has 1 aliphatic heterocycles. The van der Waals surface area contributed by atoms with Crippen molar-refractivity contribution in [2.75, 3.05) is 13.1 Å². The predicted octanol–water partition coefficient (Wildman–Crippen LogP) is 0.274. The molecule has 2 fully saturated rings. The molecule has 2 amide bonds. The van der Waals surface area contributed by atoms with Crippen LogP contribution in [0.1, 0.15) is 39.0 Å². The molecule has 0 aromatic carbocycles. The topological polar surface area (TPSA) is 69.6 Å². The van der Waals surface area contributed by atoms with Crippen molar-refractivity contribution in [1.29, 1.82) is 0 Å². The average molecular weight is 254 g/mol. The summed E-state index contributed by atoms with van der Waals surface area (Å²) in [7, 11) is 0. The molecular weight excluding hydrogens is 232 g/mol. The molecule has 2 aliphatic rings. The summed E-state index contributed by atoms with van der Waals surface area (Å²) in [6.45, 7) is 3.12. The number of nitrogens with zero attached hydrogens (tertiary/aromatic N) is 1. The first kappa shape index (κ1) is 13.3. The van der Waals surface area contributed by atoms with Gasteiger partial charge in [-0.3, -0.25) is 9.59 Å². The molecule has 1 saturated heterocycles. The van der Waals surface area contributed by atoms with Crippen molar-refractivity contribution in [3.05, 3.63) is 0 Å². The Morgan fingerprint density at radius 3 is 2.44 bits per heavy atom. The Labute approximate surface area is 108 Å². The molecule has 1 heterocycles. The maximum absolute atomic E-state index is 12.3. The molecule has 0 unspecified atom stereocenters. The fourth-order valence-electron chi connectivity index (χ4n) is 3.01. The highest BCUT2D eigenvalue weighted by atomic mass is 16.3. The minimum Gasteiger partial charge on any atom is -0.391 e. The first-order valence-corrected chi connectivity index (χ1v) is 6.82. The second-order valence-corrected chi connectivity index (χ2v) is 5.43. The Balaban J connectivity index is 1.90. The standard InChI is InChI=1S/C13H22N2O3/c1-9(16)14-11-7-10(8-12(11)17)13(18)15-5-3-2-4-6-15/h10-12,17H,2-8H2,1H3,(H,14,16)/t10-,11-,12-/m0/s1. The number of aliphatic hydroxyl groups excluding tert-OH is 1. The highest BCUT2D eigenvalue weighted by Crippen LogP contribution is 2.28. The van der Waals surface area contributed by atoms with Crippen LogP contribution in [0.15, 0.2) is 0 Å². The van der Waals surface area contributed by atoms with Gasteiger partial charge in [-0.15, -0.1) is 0 Å². The normalized spacial score (nSPS) is 32.3. The van der Waals surface area contributed by atoms with E-state index in [-0.39, 0.29) is 23.8 Å². The summed E-state index contributed by atoms with van der Waals surface area (Å²) in [4.78, 5) is 25.2. The Morgan fingerprint density at radius 2 is 1.83 bits per heavy atom. The van der Waals surface area contributed by atoms with Crippen molar-refractivity contribution in [2.45, 2.75) is 51.2 Å². The van der Waals surface area contributed by atoms with Gasteiger partial charge in [0.05, 0.1) is 12.1 Å². The van der Waals surface area contributed by atoms with Gasteiger partial charge in [-0.25, -0.2) is 0 Å². The van der Waals surface area contributed by atoms with Crippen LogP contribution in [0, 0.1) is 5.92 Å². The number of likely N-dealkylation sites (tertiary alicyclic amines) is 1. The zero-order valence-corrected chi connectivity index (χ0v) is 10.9. The van der Waals surface area contributed by atoms with Crippen molar-refractivity contribution >= 4 is 11.8 Å². The van der Waals surface area contributed by atoms with Gasteiger partial charge in [0, 0.05) is 25.9 Å².